The van der Waals surface area contributed by atoms with Gasteiger partial charge in [0.25, 0.3) is 0 Å². The molecule has 0 aromatic heterocycles. The van der Waals surface area contributed by atoms with E-state index in [0.29, 0.717) is 6.10 Å². The summed E-state index contributed by atoms with van der Waals surface area (Å²) in [5.74, 6) is 0.940. The first-order valence-electron chi connectivity index (χ1n) is 7.18. The maximum atomic E-state index is 5.97. The van der Waals surface area contributed by atoms with Crippen LogP contribution in [0.4, 0.5) is 0 Å². The third-order valence-corrected chi connectivity index (χ3v) is 4.19. The molecule has 0 unspecified atom stereocenters. The molecule has 0 bridgehead atoms. The molecule has 0 radical (unpaired) electrons. The highest BCUT2D eigenvalue weighted by Crippen LogP contribution is 2.20. The first-order valence-corrected chi connectivity index (χ1v) is 7.18. The van der Waals surface area contributed by atoms with Gasteiger partial charge in [-0.05, 0) is 44.7 Å². The van der Waals surface area contributed by atoms with Crippen molar-refractivity contribution < 1.29 is 4.74 Å². The molecular formula is C14H27NO. The van der Waals surface area contributed by atoms with Crippen molar-refractivity contribution in [2.45, 2.75) is 58.0 Å². The predicted octanol–water partition coefficient (Wildman–Crippen LogP) is 3.07. The van der Waals surface area contributed by atoms with Gasteiger partial charge in [-0.3, -0.25) is 0 Å². The first-order chi connectivity index (χ1) is 7.84. The van der Waals surface area contributed by atoms with E-state index in [0.717, 1.165) is 19.1 Å². The topological polar surface area (TPSA) is 12.5 Å². The van der Waals surface area contributed by atoms with Crippen molar-refractivity contribution in [3.05, 3.63) is 0 Å². The molecule has 1 heterocycles. The molecule has 1 saturated carbocycles. The van der Waals surface area contributed by atoms with Gasteiger partial charge < -0.3 is 9.64 Å². The van der Waals surface area contributed by atoms with Crippen molar-refractivity contribution in [2.24, 2.45) is 5.92 Å². The fraction of sp³-hybridized carbons (Fsp3) is 1.00. The minimum atomic E-state index is 0.581. The number of piperidine rings is 1. The van der Waals surface area contributed by atoms with Gasteiger partial charge >= 0.3 is 0 Å². The molecule has 2 fully saturated rings. The molecule has 1 aliphatic carbocycles. The van der Waals surface area contributed by atoms with Crippen LogP contribution in [0, 0.1) is 5.92 Å². The molecular weight excluding hydrogens is 198 g/mol. The van der Waals surface area contributed by atoms with E-state index >= 15 is 0 Å². The second kappa shape index (κ2) is 6.61. The average Bonchev–Trinajstić information content (AvgIpc) is 2.33. The molecule has 94 valence electrons. The smallest absolute Gasteiger partial charge is 0.0597 e. The van der Waals surface area contributed by atoms with Crippen molar-refractivity contribution >= 4 is 0 Å². The lowest BCUT2D eigenvalue weighted by Crippen LogP contribution is -2.36. The van der Waals surface area contributed by atoms with Gasteiger partial charge in [0.15, 0.2) is 0 Å². The van der Waals surface area contributed by atoms with E-state index in [9.17, 15) is 0 Å². The van der Waals surface area contributed by atoms with Gasteiger partial charge in [-0.2, -0.15) is 0 Å². The predicted molar refractivity (Wildman–Crippen MR) is 67.7 cm³/mol. The summed E-state index contributed by atoms with van der Waals surface area (Å²) in [6, 6.07) is 0. The fourth-order valence-corrected chi connectivity index (χ4v) is 2.87. The van der Waals surface area contributed by atoms with Gasteiger partial charge in [-0.15, -0.1) is 0 Å². The zero-order valence-electron chi connectivity index (χ0n) is 10.8. The highest BCUT2D eigenvalue weighted by molar-refractivity contribution is 4.70. The molecule has 2 nitrogen and oxygen atoms in total. The van der Waals surface area contributed by atoms with Crippen molar-refractivity contribution in [2.75, 3.05) is 26.2 Å². The fourth-order valence-electron chi connectivity index (χ4n) is 2.87. The Hall–Kier alpha value is -0.0800. The van der Waals surface area contributed by atoms with E-state index in [2.05, 4.69) is 11.8 Å². The van der Waals surface area contributed by atoms with Gasteiger partial charge in [-0.1, -0.05) is 26.2 Å². The zero-order valence-corrected chi connectivity index (χ0v) is 10.8. The second-order valence-corrected chi connectivity index (χ2v) is 5.65. The third-order valence-electron chi connectivity index (χ3n) is 4.19. The molecule has 1 aliphatic heterocycles. The second-order valence-electron chi connectivity index (χ2n) is 5.65. The minimum absolute atomic E-state index is 0.581. The summed E-state index contributed by atoms with van der Waals surface area (Å²) in [5, 5.41) is 0. The summed E-state index contributed by atoms with van der Waals surface area (Å²) < 4.78 is 5.97. The summed E-state index contributed by atoms with van der Waals surface area (Å²) in [6.07, 6.45) is 10.1. The number of rotatable bonds is 4. The first kappa shape index (κ1) is 12.4. The summed E-state index contributed by atoms with van der Waals surface area (Å²) in [7, 11) is 0. The minimum Gasteiger partial charge on any atom is -0.377 e. The van der Waals surface area contributed by atoms with Crippen LogP contribution in [0.3, 0.4) is 0 Å². The van der Waals surface area contributed by atoms with Gasteiger partial charge in [-0.25, -0.2) is 0 Å². The summed E-state index contributed by atoms with van der Waals surface area (Å²) in [5.41, 5.74) is 0. The Morgan fingerprint density at radius 3 is 2.38 bits per heavy atom. The normalized spacial score (nSPS) is 26.1. The van der Waals surface area contributed by atoms with Crippen LogP contribution >= 0.6 is 0 Å². The van der Waals surface area contributed by atoms with Gasteiger partial charge in [0.05, 0.1) is 12.7 Å². The molecule has 0 aromatic carbocycles. The quantitative estimate of drug-likeness (QED) is 0.729. The Kier molecular flexibility index (Phi) is 5.11. The highest BCUT2D eigenvalue weighted by atomic mass is 16.5. The van der Waals surface area contributed by atoms with Crippen LogP contribution in [-0.2, 0) is 4.74 Å². The molecule has 0 amide bonds. The van der Waals surface area contributed by atoms with E-state index in [-0.39, 0.29) is 0 Å². The van der Waals surface area contributed by atoms with Crippen LogP contribution in [0.25, 0.3) is 0 Å². The lowest BCUT2D eigenvalue weighted by atomic mass is 9.98. The van der Waals surface area contributed by atoms with E-state index in [4.69, 9.17) is 4.74 Å². The standard InChI is InChI=1S/C14H27NO/c1-13-7-9-15(10-8-13)11-12-16-14-5-3-2-4-6-14/h13-14H,2-12H2,1H3. The Morgan fingerprint density at radius 1 is 1.00 bits per heavy atom. The largest absolute Gasteiger partial charge is 0.377 e. The maximum absolute atomic E-state index is 5.97. The van der Waals surface area contributed by atoms with Crippen molar-refractivity contribution in [3.63, 3.8) is 0 Å². The number of nitrogens with zero attached hydrogens (tertiary/aromatic N) is 1. The average molecular weight is 225 g/mol. The summed E-state index contributed by atoms with van der Waals surface area (Å²) >= 11 is 0. The van der Waals surface area contributed by atoms with Crippen LogP contribution < -0.4 is 0 Å². The van der Waals surface area contributed by atoms with E-state index in [1.54, 1.807) is 0 Å². The molecule has 0 N–H and O–H groups in total. The van der Waals surface area contributed by atoms with Crippen LogP contribution in [-0.4, -0.2) is 37.2 Å². The SMILES string of the molecule is CC1CCN(CCOC2CCCCC2)CC1. The van der Waals surface area contributed by atoms with Gasteiger partial charge in [0, 0.05) is 6.54 Å². The van der Waals surface area contributed by atoms with Crippen LogP contribution in [0.15, 0.2) is 0 Å². The summed E-state index contributed by atoms with van der Waals surface area (Å²) in [6.45, 7) is 7.06. The number of hydrogen-bond acceptors (Lipinski definition) is 2. The number of likely N-dealkylation sites (tertiary alicyclic amines) is 1. The van der Waals surface area contributed by atoms with Crippen molar-refractivity contribution in [1.82, 2.24) is 4.90 Å². The lowest BCUT2D eigenvalue weighted by Gasteiger charge is -2.31. The third kappa shape index (κ3) is 4.06. The number of ether oxygens (including phenoxy) is 1. The van der Waals surface area contributed by atoms with Crippen molar-refractivity contribution in [1.29, 1.82) is 0 Å². The van der Waals surface area contributed by atoms with Crippen molar-refractivity contribution in [3.8, 4) is 0 Å². The molecule has 0 aromatic rings. The number of hydrogen-bond donors (Lipinski definition) is 0. The van der Waals surface area contributed by atoms with E-state index < -0.39 is 0 Å². The summed E-state index contributed by atoms with van der Waals surface area (Å²) in [4.78, 5) is 2.57. The molecule has 0 atom stereocenters. The van der Waals surface area contributed by atoms with Crippen LogP contribution in [0.2, 0.25) is 0 Å². The Labute approximate surface area is 100 Å². The molecule has 2 heteroatoms. The molecule has 2 aliphatic rings. The van der Waals surface area contributed by atoms with Gasteiger partial charge in [0.1, 0.15) is 0 Å². The molecule has 2 rings (SSSR count). The molecule has 0 spiro atoms. The van der Waals surface area contributed by atoms with E-state index in [1.165, 1.54) is 58.0 Å². The zero-order chi connectivity index (χ0) is 11.2. The maximum Gasteiger partial charge on any atom is 0.0597 e. The van der Waals surface area contributed by atoms with E-state index in [1.807, 2.05) is 0 Å². The Bertz CT molecular complexity index is 181. The Balaban J connectivity index is 1.53. The highest BCUT2D eigenvalue weighted by Gasteiger charge is 2.17. The van der Waals surface area contributed by atoms with Crippen LogP contribution in [0.1, 0.15) is 51.9 Å². The monoisotopic (exact) mass is 225 g/mol. The molecule has 1 saturated heterocycles. The van der Waals surface area contributed by atoms with Crippen LogP contribution in [0.5, 0.6) is 0 Å². The Morgan fingerprint density at radius 2 is 1.69 bits per heavy atom. The molecule has 16 heavy (non-hydrogen) atoms. The van der Waals surface area contributed by atoms with Gasteiger partial charge in [0.2, 0.25) is 0 Å². The lowest BCUT2D eigenvalue weighted by molar-refractivity contribution is 0.0123.